The highest BCUT2D eigenvalue weighted by Crippen LogP contribution is 2.28. The summed E-state index contributed by atoms with van der Waals surface area (Å²) >= 11 is 2.95. The van der Waals surface area contributed by atoms with E-state index in [0.29, 0.717) is 4.88 Å². The molecule has 0 aliphatic carbocycles. The van der Waals surface area contributed by atoms with Crippen LogP contribution in [-0.4, -0.2) is 17.1 Å². The van der Waals surface area contributed by atoms with Crippen molar-refractivity contribution in [2.45, 2.75) is 6.92 Å². The van der Waals surface area contributed by atoms with Gasteiger partial charge in [0.2, 0.25) is 0 Å². The lowest BCUT2D eigenvalue weighted by Crippen LogP contribution is -2.10. The molecule has 0 fully saturated rings. The normalized spacial score (nSPS) is 10.4. The average Bonchev–Trinajstić information content (AvgIpc) is 3.06. The van der Waals surface area contributed by atoms with Gasteiger partial charge < -0.3 is 10.0 Å². The summed E-state index contributed by atoms with van der Waals surface area (Å²) in [6, 6.07) is 11.5. The van der Waals surface area contributed by atoms with Gasteiger partial charge in [0.25, 0.3) is 5.91 Å². The lowest BCUT2D eigenvalue weighted by atomic mass is 10.1. The van der Waals surface area contributed by atoms with E-state index in [9.17, 15) is 4.79 Å². The van der Waals surface area contributed by atoms with Gasteiger partial charge in [-0.3, -0.25) is 9.78 Å². The number of benzene rings is 1. The fourth-order valence-corrected chi connectivity index (χ4v) is 3.50. The average molecular weight is 355 g/mol. The Labute approximate surface area is 149 Å². The number of nitrogens with zero attached hydrogens (tertiary/aromatic N) is 1. The zero-order valence-electron chi connectivity index (χ0n) is 13.4. The first-order valence-corrected chi connectivity index (χ1v) is 9.48. The number of hydrogen-bond acceptors (Lipinski definition) is 5. The zero-order chi connectivity index (χ0) is 16.9. The van der Waals surface area contributed by atoms with Crippen LogP contribution in [-0.2, 0) is 0 Å². The summed E-state index contributed by atoms with van der Waals surface area (Å²) in [5.74, 6) is -0.103. The van der Waals surface area contributed by atoms with Crippen LogP contribution in [0.15, 0.2) is 54.2 Å². The summed E-state index contributed by atoms with van der Waals surface area (Å²) in [4.78, 5) is 17.3. The summed E-state index contributed by atoms with van der Waals surface area (Å²) < 4.78 is 3.15. The number of carbonyl (C=O) groups is 1. The predicted octanol–water partition coefficient (Wildman–Crippen LogP) is 5.06. The van der Waals surface area contributed by atoms with Gasteiger partial charge in [0, 0.05) is 35.6 Å². The molecule has 2 N–H and O–H groups in total. The smallest absolute Gasteiger partial charge is 0.265 e. The molecule has 1 amide bonds. The Bertz CT molecular complexity index is 861. The number of aromatic nitrogens is 1. The van der Waals surface area contributed by atoms with Crippen LogP contribution < -0.4 is 10.0 Å². The number of aryl methyl sites for hydroxylation is 1. The largest absolute Gasteiger partial charge is 0.330 e. The van der Waals surface area contributed by atoms with Gasteiger partial charge in [-0.2, -0.15) is 0 Å². The van der Waals surface area contributed by atoms with E-state index >= 15 is 0 Å². The van der Waals surface area contributed by atoms with Gasteiger partial charge >= 0.3 is 0 Å². The summed E-state index contributed by atoms with van der Waals surface area (Å²) in [6.45, 7) is 2.04. The van der Waals surface area contributed by atoms with Gasteiger partial charge in [-0.25, -0.2) is 0 Å². The standard InChI is InChI=1S/C18H17N3OS2/c1-12-6-7-19-10-16(12)13-8-17(24-11-13)18(22)20-14-4-3-5-15(9-14)21-23-2/h3-11,21H,1-2H3,(H,20,22). The molecule has 6 heteroatoms. The van der Waals surface area contributed by atoms with Crippen LogP contribution in [0.25, 0.3) is 11.1 Å². The van der Waals surface area contributed by atoms with E-state index in [1.54, 1.807) is 6.20 Å². The Kier molecular flexibility index (Phi) is 5.17. The van der Waals surface area contributed by atoms with Crippen LogP contribution in [0.3, 0.4) is 0 Å². The summed E-state index contributed by atoms with van der Waals surface area (Å²) in [7, 11) is 0. The molecular weight excluding hydrogens is 338 g/mol. The Balaban J connectivity index is 1.77. The van der Waals surface area contributed by atoms with Crippen molar-refractivity contribution in [2.24, 2.45) is 0 Å². The summed E-state index contributed by atoms with van der Waals surface area (Å²) in [6.07, 6.45) is 5.56. The van der Waals surface area contributed by atoms with Gasteiger partial charge in [-0.1, -0.05) is 18.0 Å². The van der Waals surface area contributed by atoms with Crippen molar-refractivity contribution in [1.82, 2.24) is 4.98 Å². The predicted molar refractivity (Wildman–Crippen MR) is 104 cm³/mol. The van der Waals surface area contributed by atoms with Crippen molar-refractivity contribution < 1.29 is 4.79 Å². The number of anilines is 2. The van der Waals surface area contributed by atoms with Crippen molar-refractivity contribution >= 4 is 40.6 Å². The molecule has 0 saturated heterocycles. The fourth-order valence-electron chi connectivity index (χ4n) is 2.33. The van der Waals surface area contributed by atoms with Gasteiger partial charge in [0.05, 0.1) is 4.88 Å². The molecule has 122 valence electrons. The van der Waals surface area contributed by atoms with Gasteiger partial charge in [-0.15, -0.1) is 11.3 Å². The number of carbonyl (C=O) groups excluding carboxylic acids is 1. The zero-order valence-corrected chi connectivity index (χ0v) is 15.0. The lowest BCUT2D eigenvalue weighted by Gasteiger charge is -2.07. The maximum Gasteiger partial charge on any atom is 0.265 e. The van der Waals surface area contributed by atoms with Crippen LogP contribution in [0, 0.1) is 6.92 Å². The molecule has 0 aliphatic rings. The highest BCUT2D eigenvalue weighted by Gasteiger charge is 2.12. The van der Waals surface area contributed by atoms with Crippen LogP contribution in [0.2, 0.25) is 0 Å². The van der Waals surface area contributed by atoms with Gasteiger partial charge in [0.15, 0.2) is 0 Å². The van der Waals surface area contributed by atoms with E-state index in [0.717, 1.165) is 28.1 Å². The monoisotopic (exact) mass is 355 g/mol. The molecule has 2 heterocycles. The molecule has 0 unspecified atom stereocenters. The van der Waals surface area contributed by atoms with E-state index < -0.39 is 0 Å². The molecule has 0 spiro atoms. The van der Waals surface area contributed by atoms with Gasteiger partial charge in [-0.05, 0) is 53.8 Å². The van der Waals surface area contributed by atoms with E-state index in [1.165, 1.54) is 23.3 Å². The van der Waals surface area contributed by atoms with Crippen molar-refractivity contribution in [3.63, 3.8) is 0 Å². The van der Waals surface area contributed by atoms with Crippen LogP contribution in [0.4, 0.5) is 11.4 Å². The second kappa shape index (κ2) is 7.51. The molecule has 0 bridgehead atoms. The second-order valence-electron chi connectivity index (χ2n) is 5.23. The minimum Gasteiger partial charge on any atom is -0.330 e. The summed E-state index contributed by atoms with van der Waals surface area (Å²) in [5, 5.41) is 4.93. The van der Waals surface area contributed by atoms with E-state index in [2.05, 4.69) is 15.0 Å². The van der Waals surface area contributed by atoms with E-state index in [-0.39, 0.29) is 5.91 Å². The third-order valence-electron chi connectivity index (χ3n) is 3.51. The minimum atomic E-state index is -0.103. The first-order chi connectivity index (χ1) is 11.7. The number of hydrogen-bond donors (Lipinski definition) is 2. The Hall–Kier alpha value is -2.31. The molecule has 0 saturated carbocycles. The Morgan fingerprint density at radius 2 is 2.04 bits per heavy atom. The first kappa shape index (κ1) is 16.5. The third-order valence-corrected chi connectivity index (χ3v) is 4.88. The number of thiophene rings is 1. The number of pyridine rings is 1. The van der Waals surface area contributed by atoms with E-state index in [1.807, 2.05) is 61.2 Å². The minimum absolute atomic E-state index is 0.103. The molecule has 2 aromatic heterocycles. The molecular formula is C18H17N3OS2. The van der Waals surface area contributed by atoms with Crippen LogP contribution in [0.5, 0.6) is 0 Å². The van der Waals surface area contributed by atoms with Crippen LogP contribution >= 0.6 is 23.3 Å². The Morgan fingerprint density at radius 3 is 2.83 bits per heavy atom. The molecule has 1 aromatic carbocycles. The first-order valence-electron chi connectivity index (χ1n) is 7.37. The van der Waals surface area contributed by atoms with Crippen LogP contribution in [0.1, 0.15) is 15.2 Å². The molecule has 0 atom stereocenters. The highest BCUT2D eigenvalue weighted by atomic mass is 32.2. The molecule has 4 nitrogen and oxygen atoms in total. The van der Waals surface area contributed by atoms with Crippen molar-refractivity contribution in [3.8, 4) is 11.1 Å². The fraction of sp³-hybridized carbons (Fsp3) is 0.111. The molecule has 24 heavy (non-hydrogen) atoms. The number of amides is 1. The quantitative estimate of drug-likeness (QED) is 0.628. The maximum atomic E-state index is 12.5. The molecule has 0 aliphatic heterocycles. The Morgan fingerprint density at radius 1 is 1.21 bits per heavy atom. The van der Waals surface area contributed by atoms with Crippen molar-refractivity contribution in [2.75, 3.05) is 16.3 Å². The molecule has 0 radical (unpaired) electrons. The topological polar surface area (TPSA) is 54.0 Å². The third kappa shape index (κ3) is 3.77. The number of rotatable bonds is 5. The number of nitrogens with one attached hydrogen (secondary N) is 2. The van der Waals surface area contributed by atoms with Crippen molar-refractivity contribution in [1.29, 1.82) is 0 Å². The SMILES string of the molecule is CSNc1cccc(NC(=O)c2cc(-c3cnccc3C)cs2)c1. The lowest BCUT2D eigenvalue weighted by molar-refractivity contribution is 0.103. The molecule has 3 rings (SSSR count). The second-order valence-corrected chi connectivity index (χ2v) is 6.75. The maximum absolute atomic E-state index is 12.5. The summed E-state index contributed by atoms with van der Waals surface area (Å²) in [5.41, 5.74) is 4.95. The van der Waals surface area contributed by atoms with E-state index in [4.69, 9.17) is 0 Å². The highest BCUT2D eigenvalue weighted by molar-refractivity contribution is 7.99. The van der Waals surface area contributed by atoms with Gasteiger partial charge in [0.1, 0.15) is 0 Å². The molecule has 3 aromatic rings. The van der Waals surface area contributed by atoms with Crippen molar-refractivity contribution in [3.05, 3.63) is 64.6 Å².